The van der Waals surface area contributed by atoms with Crippen molar-refractivity contribution in [2.45, 2.75) is 52.2 Å². The molecule has 1 heterocycles. The first-order valence-corrected chi connectivity index (χ1v) is 14.5. The Morgan fingerprint density at radius 1 is 0.812 bits per heavy atom. The Balaban J connectivity index is 1.86. The maximum Gasteiger partial charge on any atom is 0.220 e. The predicted molar refractivity (Wildman–Crippen MR) is 142 cm³/mol. The van der Waals surface area contributed by atoms with Gasteiger partial charge >= 0.3 is 0 Å². The van der Waals surface area contributed by atoms with E-state index in [1.54, 1.807) is 5.19 Å². The zero-order valence-corrected chi connectivity index (χ0v) is 21.4. The Labute approximate surface area is 194 Å². The van der Waals surface area contributed by atoms with Gasteiger partial charge in [-0.15, -0.1) is 0 Å². The Hall–Kier alpha value is -2.71. The first-order valence-electron chi connectivity index (χ1n) is 12.0. The summed E-state index contributed by atoms with van der Waals surface area (Å²) in [6.07, 6.45) is 2.22. The van der Waals surface area contributed by atoms with Crippen LogP contribution in [0.2, 0.25) is 17.6 Å². The average molecular weight is 439 g/mol. The van der Waals surface area contributed by atoms with E-state index in [4.69, 9.17) is 0 Å². The Bertz CT molecular complexity index is 1240. The van der Waals surface area contributed by atoms with Crippen LogP contribution in [0.1, 0.15) is 33.3 Å². The number of hydrogen-bond donors (Lipinski definition) is 0. The fraction of sp³-hybridized carbons (Fsp3) is 0.300. The van der Waals surface area contributed by atoms with Crippen molar-refractivity contribution in [1.82, 2.24) is 0 Å². The molecule has 0 aliphatic heterocycles. The molecule has 0 atom stereocenters. The third kappa shape index (κ3) is 3.82. The van der Waals surface area contributed by atoms with Crippen molar-refractivity contribution in [3.05, 3.63) is 84.6 Å². The fourth-order valence-electron chi connectivity index (χ4n) is 5.57. The minimum atomic E-state index is -1.49. The number of nitrogens with zero attached hydrogens (tertiary/aromatic N) is 1. The van der Waals surface area contributed by atoms with Crippen LogP contribution in [0.15, 0.2) is 79.0 Å². The zero-order valence-electron chi connectivity index (χ0n) is 20.4. The van der Waals surface area contributed by atoms with Gasteiger partial charge in [0.2, 0.25) is 5.69 Å². The van der Waals surface area contributed by atoms with Crippen LogP contribution >= 0.6 is 0 Å². The molecule has 0 amide bonds. The zero-order chi connectivity index (χ0) is 22.9. The highest BCUT2D eigenvalue weighted by Crippen LogP contribution is 2.33. The lowest BCUT2D eigenvalue weighted by molar-refractivity contribution is -0.659. The molecule has 1 aromatic heterocycles. The van der Waals surface area contributed by atoms with E-state index in [0.29, 0.717) is 0 Å². The lowest BCUT2D eigenvalue weighted by Gasteiger charge is -2.34. The first kappa shape index (κ1) is 22.5. The number of benzene rings is 3. The summed E-state index contributed by atoms with van der Waals surface area (Å²) < 4.78 is 2.28. The molecule has 0 unspecified atom stereocenters. The third-order valence-electron chi connectivity index (χ3n) is 7.67. The standard InChI is InChI=1S/C30H36NSi/c1-7-32(8-2,22(3)4)27-15-17-29-26(21-27)18-19-31(6)30(29)28-16-14-25(20-23(28)5)24-12-10-9-11-13-24/h9-22H,7-8H2,1-6H3/q+1. The number of hydrogen-bond acceptors (Lipinski definition) is 0. The SMILES string of the molecule is CC[Si](CC)(c1ccc2c(-c3ccc(-c4ccccc4)cc3C)[n+](C)ccc2c1)C(C)C. The van der Waals surface area contributed by atoms with E-state index >= 15 is 0 Å². The van der Waals surface area contributed by atoms with Gasteiger partial charge in [-0.05, 0) is 46.7 Å². The lowest BCUT2D eigenvalue weighted by atomic mass is 9.95. The van der Waals surface area contributed by atoms with Gasteiger partial charge in [-0.3, -0.25) is 0 Å². The molecule has 0 spiro atoms. The maximum atomic E-state index is 2.51. The summed E-state index contributed by atoms with van der Waals surface area (Å²) in [6, 6.07) is 29.8. The number of rotatable bonds is 6. The Kier molecular flexibility index (Phi) is 6.35. The van der Waals surface area contributed by atoms with Crippen molar-refractivity contribution in [2.24, 2.45) is 7.05 Å². The van der Waals surface area contributed by atoms with Crippen LogP contribution in [0.25, 0.3) is 33.2 Å². The minimum absolute atomic E-state index is 0.752. The normalized spacial score (nSPS) is 12.0. The van der Waals surface area contributed by atoms with Crippen molar-refractivity contribution in [1.29, 1.82) is 0 Å². The Morgan fingerprint density at radius 2 is 1.53 bits per heavy atom. The van der Waals surface area contributed by atoms with Crippen LogP contribution in [0.4, 0.5) is 0 Å². The molecular weight excluding hydrogens is 402 g/mol. The summed E-state index contributed by atoms with van der Waals surface area (Å²) in [5, 5.41) is 4.32. The van der Waals surface area contributed by atoms with Crippen LogP contribution in [-0.4, -0.2) is 8.07 Å². The monoisotopic (exact) mass is 438 g/mol. The van der Waals surface area contributed by atoms with Crippen molar-refractivity contribution in [2.75, 3.05) is 0 Å². The van der Waals surface area contributed by atoms with E-state index < -0.39 is 8.07 Å². The molecule has 0 aliphatic carbocycles. The van der Waals surface area contributed by atoms with Crippen LogP contribution in [-0.2, 0) is 7.05 Å². The van der Waals surface area contributed by atoms with Crippen LogP contribution in [0.3, 0.4) is 0 Å². The topological polar surface area (TPSA) is 3.88 Å². The maximum absolute atomic E-state index is 2.51. The van der Waals surface area contributed by atoms with E-state index in [1.807, 2.05) is 0 Å². The van der Waals surface area contributed by atoms with Gasteiger partial charge in [0.25, 0.3) is 0 Å². The van der Waals surface area contributed by atoms with Crippen LogP contribution in [0.5, 0.6) is 0 Å². The minimum Gasteiger partial charge on any atom is -0.200 e. The average Bonchev–Trinajstić information content (AvgIpc) is 2.81. The van der Waals surface area contributed by atoms with Gasteiger partial charge in [0, 0.05) is 11.6 Å². The van der Waals surface area contributed by atoms with E-state index in [0.717, 1.165) is 5.54 Å². The smallest absolute Gasteiger partial charge is 0.200 e. The largest absolute Gasteiger partial charge is 0.220 e. The van der Waals surface area contributed by atoms with Crippen LogP contribution in [0, 0.1) is 6.92 Å². The molecule has 0 saturated heterocycles. The summed E-state index contributed by atoms with van der Waals surface area (Å²) in [7, 11) is 0.678. The van der Waals surface area contributed by atoms with Crippen LogP contribution < -0.4 is 9.75 Å². The van der Waals surface area contributed by atoms with E-state index in [2.05, 4.69) is 125 Å². The lowest BCUT2D eigenvalue weighted by Crippen LogP contribution is -2.49. The highest BCUT2D eigenvalue weighted by molar-refractivity contribution is 6.92. The number of pyridine rings is 1. The van der Waals surface area contributed by atoms with Gasteiger partial charge in [0.15, 0.2) is 6.20 Å². The number of aryl methyl sites for hydroxylation is 2. The summed E-state index contributed by atoms with van der Waals surface area (Å²) in [6.45, 7) is 11.9. The number of aromatic nitrogens is 1. The van der Waals surface area contributed by atoms with Gasteiger partial charge in [-0.25, -0.2) is 4.57 Å². The van der Waals surface area contributed by atoms with Gasteiger partial charge in [-0.2, -0.15) is 0 Å². The quantitative estimate of drug-likeness (QED) is 0.218. The second kappa shape index (κ2) is 9.03. The molecule has 4 rings (SSSR count). The molecule has 3 aromatic carbocycles. The summed E-state index contributed by atoms with van der Waals surface area (Å²) in [4.78, 5) is 0. The molecule has 1 nitrogen and oxygen atoms in total. The predicted octanol–water partition coefficient (Wildman–Crippen LogP) is 7.41. The van der Waals surface area contributed by atoms with E-state index in [1.165, 1.54) is 50.8 Å². The second-order valence-electron chi connectivity index (χ2n) is 9.49. The van der Waals surface area contributed by atoms with E-state index in [9.17, 15) is 0 Å². The van der Waals surface area contributed by atoms with Crippen molar-refractivity contribution >= 4 is 24.0 Å². The van der Waals surface area contributed by atoms with Gasteiger partial charge in [0.05, 0.1) is 13.5 Å². The van der Waals surface area contributed by atoms with Gasteiger partial charge in [0.1, 0.15) is 7.05 Å². The second-order valence-corrected chi connectivity index (χ2v) is 14.9. The Morgan fingerprint density at radius 3 is 2.16 bits per heavy atom. The molecule has 0 aliphatic rings. The third-order valence-corrected chi connectivity index (χ3v) is 13.9. The molecule has 0 N–H and O–H groups in total. The summed E-state index contributed by atoms with van der Waals surface area (Å²) in [5.74, 6) is 0. The number of fused-ring (bicyclic) bond motifs is 1. The van der Waals surface area contributed by atoms with Crippen molar-refractivity contribution in [3.8, 4) is 22.4 Å². The summed E-state index contributed by atoms with van der Waals surface area (Å²) >= 11 is 0. The van der Waals surface area contributed by atoms with Gasteiger partial charge < -0.3 is 0 Å². The fourth-order valence-corrected chi connectivity index (χ4v) is 10.0. The molecule has 32 heavy (non-hydrogen) atoms. The van der Waals surface area contributed by atoms with Crippen molar-refractivity contribution < 1.29 is 4.57 Å². The van der Waals surface area contributed by atoms with Crippen molar-refractivity contribution in [3.63, 3.8) is 0 Å². The molecule has 0 saturated carbocycles. The molecule has 4 aromatic rings. The summed E-state index contributed by atoms with van der Waals surface area (Å²) in [5.41, 5.74) is 7.22. The molecule has 2 heteroatoms. The molecule has 0 bridgehead atoms. The highest BCUT2D eigenvalue weighted by Gasteiger charge is 2.35. The molecule has 0 radical (unpaired) electrons. The molecule has 164 valence electrons. The first-order chi connectivity index (χ1) is 15.4. The highest BCUT2D eigenvalue weighted by atomic mass is 28.3. The molecule has 0 fully saturated rings. The van der Waals surface area contributed by atoms with Gasteiger partial charge in [-0.1, -0.05) is 99.6 Å². The molecular formula is C30H36NSi+. The van der Waals surface area contributed by atoms with E-state index in [-0.39, 0.29) is 0 Å².